The van der Waals surface area contributed by atoms with Gasteiger partial charge in [-0.1, -0.05) is 42.1 Å². The first-order valence-electron chi connectivity index (χ1n) is 8.27. The van der Waals surface area contributed by atoms with Crippen LogP contribution in [-0.4, -0.2) is 27.9 Å². The van der Waals surface area contributed by atoms with E-state index in [-0.39, 0.29) is 11.5 Å². The highest BCUT2D eigenvalue weighted by Crippen LogP contribution is 2.28. The lowest BCUT2D eigenvalue weighted by molar-refractivity contribution is -0.139. The number of rotatable bonds is 4. The van der Waals surface area contributed by atoms with Gasteiger partial charge < -0.3 is 4.74 Å². The molecule has 0 aliphatic heterocycles. The van der Waals surface area contributed by atoms with Gasteiger partial charge in [0.25, 0.3) is 5.56 Å². The predicted molar refractivity (Wildman–Crippen MR) is 104 cm³/mol. The second-order valence-electron chi connectivity index (χ2n) is 6.08. The van der Waals surface area contributed by atoms with Crippen LogP contribution in [0.3, 0.4) is 0 Å². The SMILES string of the molecule is COC(=O)C(C)Sc1nc2ccccc2c(=O)n1-c1c(C)cccc1C. The van der Waals surface area contributed by atoms with Crippen molar-refractivity contribution in [1.82, 2.24) is 9.55 Å². The molecule has 5 nitrogen and oxygen atoms in total. The number of hydrogen-bond acceptors (Lipinski definition) is 5. The molecule has 1 unspecified atom stereocenters. The Hall–Kier alpha value is -2.60. The van der Waals surface area contributed by atoms with E-state index in [9.17, 15) is 9.59 Å². The predicted octanol–water partition coefficient (Wildman–Crippen LogP) is 3.66. The molecule has 0 fully saturated rings. The van der Waals surface area contributed by atoms with Crippen LogP contribution in [0.2, 0.25) is 0 Å². The molecule has 0 bridgehead atoms. The molecule has 0 aliphatic rings. The molecule has 1 heterocycles. The Labute approximate surface area is 156 Å². The van der Waals surface area contributed by atoms with Crippen LogP contribution in [0.25, 0.3) is 16.6 Å². The van der Waals surface area contributed by atoms with Crippen molar-refractivity contribution < 1.29 is 9.53 Å². The van der Waals surface area contributed by atoms with E-state index in [1.807, 2.05) is 44.2 Å². The number of hydrogen-bond donors (Lipinski definition) is 0. The maximum Gasteiger partial charge on any atom is 0.318 e. The Morgan fingerprint density at radius 3 is 2.42 bits per heavy atom. The highest BCUT2D eigenvalue weighted by atomic mass is 32.2. The number of aryl methyl sites for hydroxylation is 2. The second-order valence-corrected chi connectivity index (χ2v) is 7.38. The molecule has 26 heavy (non-hydrogen) atoms. The molecular formula is C20H20N2O3S. The summed E-state index contributed by atoms with van der Waals surface area (Å²) >= 11 is 1.22. The summed E-state index contributed by atoms with van der Waals surface area (Å²) in [6.45, 7) is 5.66. The zero-order chi connectivity index (χ0) is 18.8. The Morgan fingerprint density at radius 2 is 1.77 bits per heavy atom. The summed E-state index contributed by atoms with van der Waals surface area (Å²) in [6, 6.07) is 13.1. The number of carbonyl (C=O) groups excluding carboxylic acids is 1. The van der Waals surface area contributed by atoms with Crippen LogP contribution in [0.5, 0.6) is 0 Å². The van der Waals surface area contributed by atoms with Gasteiger partial charge in [0.05, 0.1) is 23.7 Å². The summed E-state index contributed by atoms with van der Waals surface area (Å²) in [5.41, 5.74) is 3.20. The average molecular weight is 368 g/mol. The largest absolute Gasteiger partial charge is 0.468 e. The number of thioether (sulfide) groups is 1. The van der Waals surface area contributed by atoms with E-state index in [4.69, 9.17) is 4.74 Å². The smallest absolute Gasteiger partial charge is 0.318 e. The van der Waals surface area contributed by atoms with Crippen molar-refractivity contribution in [2.45, 2.75) is 31.2 Å². The number of carbonyl (C=O) groups is 1. The van der Waals surface area contributed by atoms with Crippen molar-refractivity contribution in [3.05, 3.63) is 63.9 Å². The summed E-state index contributed by atoms with van der Waals surface area (Å²) in [6.07, 6.45) is 0. The molecule has 134 valence electrons. The lowest BCUT2D eigenvalue weighted by Gasteiger charge is -2.18. The van der Waals surface area contributed by atoms with Crippen LogP contribution in [0.4, 0.5) is 0 Å². The molecule has 0 saturated heterocycles. The van der Waals surface area contributed by atoms with E-state index in [0.717, 1.165) is 16.8 Å². The Balaban J connectivity index is 2.32. The number of nitrogens with zero attached hydrogens (tertiary/aromatic N) is 2. The van der Waals surface area contributed by atoms with E-state index in [2.05, 4.69) is 4.98 Å². The zero-order valence-corrected chi connectivity index (χ0v) is 16.0. The van der Waals surface area contributed by atoms with E-state index < -0.39 is 5.25 Å². The number of ether oxygens (including phenoxy) is 1. The Morgan fingerprint density at radius 1 is 1.12 bits per heavy atom. The van der Waals surface area contributed by atoms with E-state index in [1.165, 1.54) is 18.9 Å². The van der Waals surface area contributed by atoms with Gasteiger partial charge in [0.2, 0.25) is 0 Å². The van der Waals surface area contributed by atoms with Gasteiger partial charge >= 0.3 is 5.97 Å². The van der Waals surface area contributed by atoms with Crippen molar-refractivity contribution in [1.29, 1.82) is 0 Å². The minimum Gasteiger partial charge on any atom is -0.468 e. The minimum absolute atomic E-state index is 0.146. The van der Waals surface area contributed by atoms with Crippen LogP contribution in [0.15, 0.2) is 52.4 Å². The van der Waals surface area contributed by atoms with Crippen LogP contribution in [0.1, 0.15) is 18.1 Å². The van der Waals surface area contributed by atoms with Crippen molar-refractivity contribution in [2.24, 2.45) is 0 Å². The van der Waals surface area contributed by atoms with Gasteiger partial charge in [0.1, 0.15) is 5.25 Å². The fourth-order valence-corrected chi connectivity index (χ4v) is 3.86. The molecule has 6 heteroatoms. The molecule has 2 aromatic carbocycles. The van der Waals surface area contributed by atoms with E-state index in [1.54, 1.807) is 23.6 Å². The third-order valence-electron chi connectivity index (χ3n) is 4.22. The van der Waals surface area contributed by atoms with E-state index in [0.29, 0.717) is 16.1 Å². The topological polar surface area (TPSA) is 61.2 Å². The highest BCUT2D eigenvalue weighted by molar-refractivity contribution is 8.00. The molecule has 0 N–H and O–H groups in total. The maximum atomic E-state index is 13.3. The first kappa shape index (κ1) is 18.2. The molecule has 0 radical (unpaired) electrons. The van der Waals surface area contributed by atoms with Crippen LogP contribution in [0, 0.1) is 13.8 Å². The maximum absolute atomic E-state index is 13.3. The lowest BCUT2D eigenvalue weighted by atomic mass is 10.1. The number of methoxy groups -OCH3 is 1. The number of benzene rings is 2. The van der Waals surface area contributed by atoms with Gasteiger partial charge in [-0.2, -0.15) is 0 Å². The van der Waals surface area contributed by atoms with Crippen molar-refractivity contribution in [3.8, 4) is 5.69 Å². The number of aromatic nitrogens is 2. The quantitative estimate of drug-likeness (QED) is 0.400. The van der Waals surface area contributed by atoms with Gasteiger partial charge in [-0.25, -0.2) is 4.98 Å². The van der Waals surface area contributed by atoms with Gasteiger partial charge in [0, 0.05) is 0 Å². The van der Waals surface area contributed by atoms with Gasteiger partial charge in [-0.15, -0.1) is 0 Å². The summed E-state index contributed by atoms with van der Waals surface area (Å²) in [5, 5.41) is 0.540. The highest BCUT2D eigenvalue weighted by Gasteiger charge is 2.21. The average Bonchev–Trinajstić information content (AvgIpc) is 2.63. The van der Waals surface area contributed by atoms with Crippen LogP contribution in [-0.2, 0) is 9.53 Å². The molecule has 3 rings (SSSR count). The third-order valence-corrected chi connectivity index (χ3v) is 5.25. The summed E-state index contributed by atoms with van der Waals surface area (Å²) in [7, 11) is 1.35. The van der Waals surface area contributed by atoms with Gasteiger partial charge in [-0.05, 0) is 44.0 Å². The number of esters is 1. The molecule has 1 atom stereocenters. The lowest BCUT2D eigenvalue weighted by Crippen LogP contribution is -2.25. The standard InChI is InChI=1S/C20H20N2O3S/c1-12-8-7-9-13(2)17(12)22-18(23)15-10-5-6-11-16(15)21-20(22)26-14(3)19(24)25-4/h5-11,14H,1-4H3. The van der Waals surface area contributed by atoms with Crippen molar-refractivity contribution in [2.75, 3.05) is 7.11 Å². The molecule has 0 saturated carbocycles. The summed E-state index contributed by atoms with van der Waals surface area (Å²) < 4.78 is 6.43. The van der Waals surface area contributed by atoms with Gasteiger partial charge in [-0.3, -0.25) is 14.2 Å². The molecule has 0 spiro atoms. The van der Waals surface area contributed by atoms with Gasteiger partial charge in [0.15, 0.2) is 5.16 Å². The fourth-order valence-electron chi connectivity index (χ4n) is 2.92. The second kappa shape index (κ2) is 7.33. The first-order chi connectivity index (χ1) is 12.4. The first-order valence-corrected chi connectivity index (χ1v) is 9.15. The Kier molecular flexibility index (Phi) is 5.13. The van der Waals surface area contributed by atoms with E-state index >= 15 is 0 Å². The molecule has 1 aromatic heterocycles. The fraction of sp³-hybridized carbons (Fsp3) is 0.250. The molecular weight excluding hydrogens is 348 g/mol. The number of fused-ring (bicyclic) bond motifs is 1. The van der Waals surface area contributed by atoms with Crippen LogP contribution < -0.4 is 5.56 Å². The third kappa shape index (κ3) is 3.24. The van der Waals surface area contributed by atoms with Crippen molar-refractivity contribution >= 4 is 28.6 Å². The molecule has 0 aliphatic carbocycles. The number of para-hydroxylation sites is 2. The summed E-state index contributed by atoms with van der Waals surface area (Å²) in [5.74, 6) is -0.356. The van der Waals surface area contributed by atoms with Crippen LogP contribution >= 0.6 is 11.8 Å². The molecule has 0 amide bonds. The van der Waals surface area contributed by atoms with Crippen molar-refractivity contribution in [3.63, 3.8) is 0 Å². The normalized spacial score (nSPS) is 12.2. The summed E-state index contributed by atoms with van der Waals surface area (Å²) in [4.78, 5) is 29.8. The zero-order valence-electron chi connectivity index (χ0n) is 15.1. The molecule has 3 aromatic rings. The monoisotopic (exact) mass is 368 g/mol. The minimum atomic E-state index is -0.483. The Bertz CT molecular complexity index is 1020.